The monoisotopic (exact) mass is 227 g/mol. The Balaban J connectivity index is 3.80. The largest absolute Gasteiger partial charge is 0.396 e. The van der Waals surface area contributed by atoms with Crippen molar-refractivity contribution < 1.29 is 14.7 Å². The minimum absolute atomic E-state index is 0.139. The first-order chi connectivity index (χ1) is 7.63. The van der Waals surface area contributed by atoms with Crippen LogP contribution in [0.15, 0.2) is 0 Å². The quantitative estimate of drug-likeness (QED) is 0.354. The zero-order chi connectivity index (χ0) is 12.4. The van der Waals surface area contributed by atoms with E-state index in [-0.39, 0.29) is 13.2 Å². The molecule has 0 saturated heterocycles. The summed E-state index contributed by atoms with van der Waals surface area (Å²) in [6.45, 7) is 0.446. The first kappa shape index (κ1) is 14.4. The molecule has 0 fully saturated rings. The Morgan fingerprint density at radius 2 is 2.06 bits per heavy atom. The lowest BCUT2D eigenvalue weighted by Crippen LogP contribution is -2.41. The number of aliphatic hydroxyl groups is 1. The molecule has 0 aromatic carbocycles. The number of nitriles is 1. The van der Waals surface area contributed by atoms with Crippen molar-refractivity contribution in [1.82, 2.24) is 10.2 Å². The molecule has 0 spiro atoms. The summed E-state index contributed by atoms with van der Waals surface area (Å²) in [7, 11) is 1.53. The van der Waals surface area contributed by atoms with Crippen molar-refractivity contribution in [3.05, 3.63) is 0 Å². The molecule has 0 bridgehead atoms. The molecule has 0 radical (unpaired) electrons. The summed E-state index contributed by atoms with van der Waals surface area (Å²) in [5.41, 5.74) is 0. The number of rotatable bonds is 6. The average molecular weight is 227 g/mol. The van der Waals surface area contributed by atoms with Gasteiger partial charge in [-0.15, -0.1) is 0 Å². The van der Waals surface area contributed by atoms with E-state index in [1.54, 1.807) is 6.07 Å². The van der Waals surface area contributed by atoms with Crippen molar-refractivity contribution >= 4 is 11.8 Å². The number of hydrogen-bond donors (Lipinski definition) is 2. The topological polar surface area (TPSA) is 93.4 Å². The van der Waals surface area contributed by atoms with E-state index in [9.17, 15) is 9.59 Å². The number of carbonyl (C=O) groups is 2. The number of likely N-dealkylation sites (N-methyl/N-ethyl adjacent to an activating group) is 1. The Hall–Kier alpha value is -1.61. The van der Waals surface area contributed by atoms with Gasteiger partial charge in [-0.05, 0) is 19.3 Å². The number of aliphatic hydroxyl groups excluding tert-OH is 1. The van der Waals surface area contributed by atoms with E-state index in [2.05, 4.69) is 5.32 Å². The van der Waals surface area contributed by atoms with Gasteiger partial charge < -0.3 is 15.3 Å². The normalized spacial score (nSPS) is 9.31. The van der Waals surface area contributed by atoms with Gasteiger partial charge in [0.15, 0.2) is 0 Å². The van der Waals surface area contributed by atoms with E-state index in [4.69, 9.17) is 10.4 Å². The zero-order valence-electron chi connectivity index (χ0n) is 9.40. The summed E-state index contributed by atoms with van der Waals surface area (Å²) >= 11 is 0. The summed E-state index contributed by atoms with van der Waals surface area (Å²) in [6.07, 6.45) is 2.25. The molecule has 0 unspecified atom stereocenters. The van der Waals surface area contributed by atoms with Crippen LogP contribution < -0.4 is 5.32 Å². The first-order valence-electron chi connectivity index (χ1n) is 5.14. The highest BCUT2D eigenvalue weighted by molar-refractivity contribution is 6.34. The maximum atomic E-state index is 11.4. The lowest BCUT2D eigenvalue weighted by molar-refractivity contribution is -0.144. The molecule has 0 saturated carbocycles. The molecule has 6 nitrogen and oxygen atoms in total. The van der Waals surface area contributed by atoms with Crippen LogP contribution in [0.25, 0.3) is 0 Å². The van der Waals surface area contributed by atoms with Gasteiger partial charge in [0.2, 0.25) is 0 Å². The number of hydrogen-bond acceptors (Lipinski definition) is 4. The van der Waals surface area contributed by atoms with Gasteiger partial charge in [0.1, 0.15) is 6.54 Å². The highest BCUT2D eigenvalue weighted by atomic mass is 16.3. The molecule has 16 heavy (non-hydrogen) atoms. The van der Waals surface area contributed by atoms with Gasteiger partial charge in [-0.2, -0.15) is 5.26 Å². The molecule has 2 N–H and O–H groups in total. The van der Waals surface area contributed by atoms with Crippen LogP contribution in [0.2, 0.25) is 0 Å². The van der Waals surface area contributed by atoms with Gasteiger partial charge in [-0.3, -0.25) is 9.59 Å². The maximum absolute atomic E-state index is 11.4. The summed E-state index contributed by atoms with van der Waals surface area (Å²) in [4.78, 5) is 23.8. The second-order valence-electron chi connectivity index (χ2n) is 3.35. The Kier molecular flexibility index (Phi) is 7.81. The summed E-state index contributed by atoms with van der Waals surface area (Å²) in [5, 5.41) is 19.0. The fraction of sp³-hybridized carbons (Fsp3) is 0.700. The number of amides is 2. The van der Waals surface area contributed by atoms with Crippen molar-refractivity contribution in [2.24, 2.45) is 0 Å². The minimum Gasteiger partial charge on any atom is -0.396 e. The lowest BCUT2D eigenvalue weighted by atomic mass is 10.2. The smallest absolute Gasteiger partial charge is 0.311 e. The molecule has 0 aliphatic rings. The van der Waals surface area contributed by atoms with Gasteiger partial charge in [-0.1, -0.05) is 0 Å². The van der Waals surface area contributed by atoms with Crippen LogP contribution in [0, 0.1) is 11.3 Å². The fourth-order valence-corrected chi connectivity index (χ4v) is 1.11. The van der Waals surface area contributed by atoms with Crippen LogP contribution in [0.1, 0.15) is 19.3 Å². The van der Waals surface area contributed by atoms with E-state index in [1.807, 2.05) is 0 Å². The molecule has 6 heteroatoms. The van der Waals surface area contributed by atoms with Crippen LogP contribution in [0.5, 0.6) is 0 Å². The van der Waals surface area contributed by atoms with Crippen LogP contribution >= 0.6 is 0 Å². The molecule has 0 aliphatic heterocycles. The summed E-state index contributed by atoms with van der Waals surface area (Å²) in [5.74, 6) is -1.40. The summed E-state index contributed by atoms with van der Waals surface area (Å²) < 4.78 is 0. The van der Waals surface area contributed by atoms with Crippen molar-refractivity contribution in [2.75, 3.05) is 26.7 Å². The maximum Gasteiger partial charge on any atom is 0.311 e. The van der Waals surface area contributed by atoms with Gasteiger partial charge in [0, 0.05) is 20.2 Å². The van der Waals surface area contributed by atoms with E-state index in [0.717, 1.165) is 12.8 Å². The molecular formula is C10H17N3O3. The van der Waals surface area contributed by atoms with E-state index >= 15 is 0 Å². The second kappa shape index (κ2) is 8.68. The van der Waals surface area contributed by atoms with Gasteiger partial charge in [-0.25, -0.2) is 0 Å². The van der Waals surface area contributed by atoms with Gasteiger partial charge in [0.25, 0.3) is 0 Å². The predicted molar refractivity (Wildman–Crippen MR) is 57.2 cm³/mol. The number of unbranched alkanes of at least 4 members (excludes halogenated alkanes) is 2. The number of nitrogens with one attached hydrogen (secondary N) is 1. The molecule has 90 valence electrons. The highest BCUT2D eigenvalue weighted by Gasteiger charge is 2.17. The van der Waals surface area contributed by atoms with E-state index in [0.29, 0.717) is 13.0 Å². The third kappa shape index (κ3) is 5.98. The SMILES string of the molecule is CN(CCCCCO)C(=O)C(=O)NCC#N. The molecule has 0 heterocycles. The third-order valence-electron chi connectivity index (χ3n) is 2.02. The average Bonchev–Trinajstić information content (AvgIpc) is 2.30. The first-order valence-corrected chi connectivity index (χ1v) is 5.14. The van der Waals surface area contributed by atoms with Gasteiger partial charge >= 0.3 is 11.8 Å². The molecule has 2 amide bonds. The Morgan fingerprint density at radius 3 is 2.62 bits per heavy atom. The van der Waals surface area contributed by atoms with Crippen LogP contribution in [0.3, 0.4) is 0 Å². The highest BCUT2D eigenvalue weighted by Crippen LogP contribution is 1.97. The molecule has 0 aliphatic carbocycles. The van der Waals surface area contributed by atoms with Gasteiger partial charge in [0.05, 0.1) is 6.07 Å². The van der Waals surface area contributed by atoms with Crippen LogP contribution in [-0.2, 0) is 9.59 Å². The standard InChI is InChI=1S/C10H17N3O3/c1-13(7-3-2-4-8-14)10(16)9(15)12-6-5-11/h14H,2-4,6-8H2,1H3,(H,12,15). The number of nitrogens with zero attached hydrogens (tertiary/aromatic N) is 2. The predicted octanol–water partition coefficient (Wildman–Crippen LogP) is -0.753. The third-order valence-corrected chi connectivity index (χ3v) is 2.02. The Labute approximate surface area is 94.8 Å². The minimum atomic E-state index is -0.758. The van der Waals surface area contributed by atoms with Crippen molar-refractivity contribution in [3.63, 3.8) is 0 Å². The van der Waals surface area contributed by atoms with Crippen molar-refractivity contribution in [3.8, 4) is 6.07 Å². The molecule has 0 aromatic rings. The Bertz CT molecular complexity index is 273. The van der Waals surface area contributed by atoms with Crippen LogP contribution in [-0.4, -0.2) is 48.6 Å². The van der Waals surface area contributed by atoms with E-state index in [1.165, 1.54) is 11.9 Å². The van der Waals surface area contributed by atoms with E-state index < -0.39 is 11.8 Å². The summed E-state index contributed by atoms with van der Waals surface area (Å²) in [6, 6.07) is 1.72. The van der Waals surface area contributed by atoms with Crippen LogP contribution in [0.4, 0.5) is 0 Å². The molecule has 0 atom stereocenters. The van der Waals surface area contributed by atoms with Crippen molar-refractivity contribution in [2.45, 2.75) is 19.3 Å². The zero-order valence-corrected chi connectivity index (χ0v) is 9.40. The molecule has 0 rings (SSSR count). The molecule has 0 aromatic heterocycles. The Morgan fingerprint density at radius 1 is 1.38 bits per heavy atom. The lowest BCUT2D eigenvalue weighted by Gasteiger charge is -2.15. The molecular weight excluding hydrogens is 210 g/mol. The fourth-order valence-electron chi connectivity index (χ4n) is 1.11. The number of carbonyl (C=O) groups excluding carboxylic acids is 2. The second-order valence-corrected chi connectivity index (χ2v) is 3.35. The van der Waals surface area contributed by atoms with Crippen molar-refractivity contribution in [1.29, 1.82) is 5.26 Å².